The first-order valence-electron chi connectivity index (χ1n) is 5.45. The summed E-state index contributed by atoms with van der Waals surface area (Å²) in [5.41, 5.74) is 1.02. The molecule has 0 aliphatic heterocycles. The van der Waals surface area contributed by atoms with Gasteiger partial charge in [0.15, 0.2) is 4.77 Å². The minimum absolute atomic E-state index is 0.250. The lowest BCUT2D eigenvalue weighted by molar-refractivity contribution is -0.146. The number of hydrogen-bond donors (Lipinski definition) is 1. The molecule has 0 saturated carbocycles. The molecular weight excluding hydrogens is 224 g/mol. The number of imidazole rings is 1. The summed E-state index contributed by atoms with van der Waals surface area (Å²) in [6.07, 6.45) is 1.85. The van der Waals surface area contributed by atoms with E-state index < -0.39 is 0 Å². The largest absolute Gasteiger partial charge is 0.464 e. The van der Waals surface area contributed by atoms with Gasteiger partial charge in [0, 0.05) is 11.9 Å². The van der Waals surface area contributed by atoms with Crippen molar-refractivity contribution in [3.63, 3.8) is 0 Å². The predicted molar refractivity (Wildman–Crippen MR) is 65.0 cm³/mol. The number of H-pyrrole nitrogens is 1. The number of ether oxygens (including phenoxy) is 1. The van der Waals surface area contributed by atoms with Crippen LogP contribution in [-0.2, 0) is 9.53 Å². The Morgan fingerprint density at radius 2 is 2.19 bits per heavy atom. The van der Waals surface area contributed by atoms with Crippen LogP contribution in [0.1, 0.15) is 45.3 Å². The van der Waals surface area contributed by atoms with Gasteiger partial charge in [-0.1, -0.05) is 13.8 Å². The van der Waals surface area contributed by atoms with Crippen LogP contribution in [0.2, 0.25) is 0 Å². The van der Waals surface area contributed by atoms with Crippen LogP contribution in [-0.4, -0.2) is 22.1 Å². The molecule has 0 aliphatic rings. The molecule has 1 aromatic heterocycles. The van der Waals surface area contributed by atoms with Crippen molar-refractivity contribution < 1.29 is 9.53 Å². The summed E-state index contributed by atoms with van der Waals surface area (Å²) in [6.45, 7) is 8.11. The molecule has 1 atom stereocenters. The number of aromatic amines is 1. The Bertz CT molecular complexity index is 420. The van der Waals surface area contributed by atoms with Gasteiger partial charge in [0.2, 0.25) is 0 Å². The van der Waals surface area contributed by atoms with Gasteiger partial charge in [-0.2, -0.15) is 0 Å². The molecule has 0 radical (unpaired) electrons. The lowest BCUT2D eigenvalue weighted by Gasteiger charge is -2.16. The minimum Gasteiger partial charge on any atom is -0.464 e. The third-order valence-electron chi connectivity index (χ3n) is 2.45. The second kappa shape index (κ2) is 5.30. The number of aromatic nitrogens is 2. The van der Waals surface area contributed by atoms with Crippen LogP contribution in [0, 0.1) is 4.77 Å². The number of carbonyl (C=O) groups excluding carboxylic acids is 1. The molecule has 1 unspecified atom stereocenters. The summed E-state index contributed by atoms with van der Waals surface area (Å²) in [7, 11) is 0. The van der Waals surface area contributed by atoms with E-state index in [1.165, 1.54) is 0 Å². The molecule has 5 heteroatoms. The van der Waals surface area contributed by atoms with Gasteiger partial charge >= 0.3 is 5.97 Å². The second-order valence-electron chi connectivity index (χ2n) is 3.97. The normalized spacial score (nSPS) is 12.8. The molecule has 0 spiro atoms. The van der Waals surface area contributed by atoms with Crippen LogP contribution in [0.3, 0.4) is 0 Å². The molecule has 0 aliphatic carbocycles. The zero-order valence-corrected chi connectivity index (χ0v) is 10.9. The molecule has 16 heavy (non-hydrogen) atoms. The summed E-state index contributed by atoms with van der Waals surface area (Å²) >= 11 is 5.17. The van der Waals surface area contributed by atoms with Crippen molar-refractivity contribution in [2.24, 2.45) is 0 Å². The Kier molecular flexibility index (Phi) is 4.29. The third kappa shape index (κ3) is 2.52. The molecule has 1 aromatic rings. The van der Waals surface area contributed by atoms with Crippen LogP contribution < -0.4 is 0 Å². The Labute approximate surface area is 101 Å². The predicted octanol–water partition coefficient (Wildman–Crippen LogP) is 2.79. The van der Waals surface area contributed by atoms with E-state index >= 15 is 0 Å². The minimum atomic E-state index is -0.379. The van der Waals surface area contributed by atoms with Gasteiger partial charge < -0.3 is 14.3 Å². The second-order valence-corrected chi connectivity index (χ2v) is 4.36. The van der Waals surface area contributed by atoms with Crippen LogP contribution in [0.15, 0.2) is 6.20 Å². The Morgan fingerprint density at radius 1 is 1.56 bits per heavy atom. The fourth-order valence-electron chi connectivity index (χ4n) is 1.60. The number of nitrogens with zero attached hydrogens (tertiary/aromatic N) is 1. The van der Waals surface area contributed by atoms with E-state index in [9.17, 15) is 4.79 Å². The maximum absolute atomic E-state index is 11.7. The average Bonchev–Trinajstić information content (AvgIpc) is 2.59. The van der Waals surface area contributed by atoms with Crippen LogP contribution in [0.5, 0.6) is 0 Å². The zero-order chi connectivity index (χ0) is 12.3. The fourth-order valence-corrected chi connectivity index (χ4v) is 1.93. The highest BCUT2D eigenvalue weighted by Crippen LogP contribution is 2.20. The van der Waals surface area contributed by atoms with Crippen molar-refractivity contribution in [1.29, 1.82) is 0 Å². The van der Waals surface area contributed by atoms with E-state index in [0.717, 1.165) is 5.69 Å². The van der Waals surface area contributed by atoms with Crippen molar-refractivity contribution in [3.05, 3.63) is 16.7 Å². The van der Waals surface area contributed by atoms with Crippen LogP contribution in [0.25, 0.3) is 0 Å². The van der Waals surface area contributed by atoms with Gasteiger partial charge in [0.25, 0.3) is 0 Å². The number of hydrogen-bond acceptors (Lipinski definition) is 3. The molecule has 1 heterocycles. The Balaban J connectivity index is 3.07. The van der Waals surface area contributed by atoms with Crippen molar-refractivity contribution in [2.45, 2.75) is 39.7 Å². The van der Waals surface area contributed by atoms with Gasteiger partial charge in [0.1, 0.15) is 6.04 Å². The van der Waals surface area contributed by atoms with Gasteiger partial charge in [-0.05, 0) is 32.0 Å². The number of rotatable bonds is 4. The SMILES string of the molecule is CCOC(=O)C(C)n1c(C(C)C)c[nH]c1=S. The molecule has 1 rings (SSSR count). The topological polar surface area (TPSA) is 47.0 Å². The molecule has 0 bridgehead atoms. The quantitative estimate of drug-likeness (QED) is 0.652. The summed E-state index contributed by atoms with van der Waals surface area (Å²) in [6, 6.07) is -0.379. The van der Waals surface area contributed by atoms with Gasteiger partial charge in [-0.25, -0.2) is 4.79 Å². The van der Waals surface area contributed by atoms with Gasteiger partial charge in [0.05, 0.1) is 6.61 Å². The first-order chi connectivity index (χ1) is 7.49. The fraction of sp³-hybridized carbons (Fsp3) is 0.636. The lowest BCUT2D eigenvalue weighted by Crippen LogP contribution is -2.21. The molecule has 0 aromatic carbocycles. The number of carbonyl (C=O) groups is 1. The summed E-state index contributed by atoms with van der Waals surface area (Å²) in [5, 5.41) is 0. The van der Waals surface area contributed by atoms with E-state index in [4.69, 9.17) is 17.0 Å². The summed E-state index contributed by atoms with van der Waals surface area (Å²) in [4.78, 5) is 14.6. The van der Waals surface area contributed by atoms with E-state index in [1.54, 1.807) is 13.8 Å². The highest BCUT2D eigenvalue weighted by atomic mass is 32.1. The number of esters is 1. The maximum atomic E-state index is 11.7. The monoisotopic (exact) mass is 242 g/mol. The highest BCUT2D eigenvalue weighted by Gasteiger charge is 2.20. The molecule has 4 nitrogen and oxygen atoms in total. The Morgan fingerprint density at radius 3 is 2.69 bits per heavy atom. The van der Waals surface area contributed by atoms with Crippen molar-refractivity contribution in [3.8, 4) is 0 Å². The maximum Gasteiger partial charge on any atom is 0.328 e. The molecule has 0 amide bonds. The summed E-state index contributed by atoms with van der Waals surface area (Å²) < 4.78 is 7.37. The molecule has 1 N–H and O–H groups in total. The van der Waals surface area contributed by atoms with Crippen molar-refractivity contribution >= 4 is 18.2 Å². The van der Waals surface area contributed by atoms with Crippen LogP contribution >= 0.6 is 12.2 Å². The van der Waals surface area contributed by atoms with Gasteiger partial charge in [-0.15, -0.1) is 0 Å². The van der Waals surface area contributed by atoms with Crippen molar-refractivity contribution in [2.75, 3.05) is 6.61 Å². The summed E-state index contributed by atoms with van der Waals surface area (Å²) in [5.74, 6) is 0.0601. The molecular formula is C11H18N2O2S. The molecule has 0 fully saturated rings. The Hall–Kier alpha value is -1.10. The zero-order valence-electron chi connectivity index (χ0n) is 10.1. The van der Waals surface area contributed by atoms with E-state index in [-0.39, 0.29) is 12.0 Å². The highest BCUT2D eigenvalue weighted by molar-refractivity contribution is 7.71. The van der Waals surface area contributed by atoms with Crippen LogP contribution in [0.4, 0.5) is 0 Å². The standard InChI is InChI=1S/C11H18N2O2S/c1-5-15-10(14)8(4)13-9(7(2)3)6-12-11(13)16/h6-8H,5H2,1-4H3,(H,12,16). The molecule has 0 saturated heterocycles. The lowest BCUT2D eigenvalue weighted by atomic mass is 10.1. The van der Waals surface area contributed by atoms with E-state index in [0.29, 0.717) is 17.3 Å². The molecule has 90 valence electrons. The first kappa shape index (κ1) is 13.0. The van der Waals surface area contributed by atoms with E-state index in [2.05, 4.69) is 18.8 Å². The smallest absolute Gasteiger partial charge is 0.328 e. The first-order valence-corrected chi connectivity index (χ1v) is 5.86. The van der Waals surface area contributed by atoms with Gasteiger partial charge in [-0.3, -0.25) is 0 Å². The van der Waals surface area contributed by atoms with Crippen molar-refractivity contribution in [1.82, 2.24) is 9.55 Å². The van der Waals surface area contributed by atoms with E-state index in [1.807, 2.05) is 10.8 Å². The number of nitrogens with one attached hydrogen (secondary N) is 1. The third-order valence-corrected chi connectivity index (χ3v) is 2.76. The average molecular weight is 242 g/mol.